The number of amides is 1. The maximum absolute atomic E-state index is 13.4. The predicted octanol–water partition coefficient (Wildman–Crippen LogP) is 4.48. The van der Waals surface area contributed by atoms with Crippen LogP contribution in [0.2, 0.25) is 0 Å². The van der Waals surface area contributed by atoms with Gasteiger partial charge in [-0.3, -0.25) is 9.59 Å². The minimum atomic E-state index is -0.397. The number of phenols is 1. The molecule has 186 valence electrons. The summed E-state index contributed by atoms with van der Waals surface area (Å²) in [6.45, 7) is 14.1. The zero-order valence-electron chi connectivity index (χ0n) is 21.0. The lowest BCUT2D eigenvalue weighted by Crippen LogP contribution is -2.31. The average Bonchev–Trinajstić information content (AvgIpc) is 3.12. The Kier molecular flexibility index (Phi) is 7.55. The molecular weight excluding hydrogens is 468 g/mol. The smallest absolute Gasteiger partial charge is 0.273 e. The summed E-state index contributed by atoms with van der Waals surface area (Å²) in [6, 6.07) is 5.12. The Morgan fingerprint density at radius 1 is 1.31 bits per heavy atom. The van der Waals surface area contributed by atoms with E-state index in [0.717, 1.165) is 5.56 Å². The molecule has 2 N–H and O–H groups in total. The van der Waals surface area contributed by atoms with Gasteiger partial charge in [0.05, 0.1) is 13.2 Å². The SMILES string of the molecule is C=C(C)c1cc(C(=O)CN2Cc3cc(OCC)c(C(=O)NC)nc3/C2=N/Cl)cc(C(C)(C)C)c1O. The van der Waals surface area contributed by atoms with Gasteiger partial charge in [0.15, 0.2) is 23.1 Å². The van der Waals surface area contributed by atoms with Crippen LogP contribution in [-0.2, 0) is 12.0 Å². The van der Waals surface area contributed by atoms with E-state index in [1.165, 1.54) is 7.05 Å². The van der Waals surface area contributed by atoms with Crippen LogP contribution in [0.4, 0.5) is 0 Å². The molecule has 2 aromatic rings. The molecule has 0 atom stereocenters. The van der Waals surface area contributed by atoms with Crippen molar-refractivity contribution in [3.63, 3.8) is 0 Å². The van der Waals surface area contributed by atoms with E-state index in [1.54, 1.807) is 30.0 Å². The quantitative estimate of drug-likeness (QED) is 0.545. The molecule has 1 aliphatic rings. The van der Waals surface area contributed by atoms with Gasteiger partial charge in [0.1, 0.15) is 11.4 Å². The van der Waals surface area contributed by atoms with Crippen LogP contribution in [0.5, 0.6) is 11.5 Å². The van der Waals surface area contributed by atoms with Crippen LogP contribution in [0.3, 0.4) is 0 Å². The lowest BCUT2D eigenvalue weighted by molar-refractivity contribution is 0.0949. The Labute approximate surface area is 210 Å². The third-order valence-corrected chi connectivity index (χ3v) is 5.96. The van der Waals surface area contributed by atoms with Crippen LogP contribution >= 0.6 is 11.8 Å². The van der Waals surface area contributed by atoms with E-state index in [9.17, 15) is 14.7 Å². The van der Waals surface area contributed by atoms with Crippen LogP contribution in [0.1, 0.15) is 77.8 Å². The molecule has 2 heterocycles. The molecule has 0 aliphatic carbocycles. The number of aromatic hydroxyl groups is 1. The largest absolute Gasteiger partial charge is 0.507 e. The van der Waals surface area contributed by atoms with Gasteiger partial charge in [-0.15, -0.1) is 0 Å². The van der Waals surface area contributed by atoms with Gasteiger partial charge >= 0.3 is 0 Å². The molecule has 0 saturated carbocycles. The molecule has 1 amide bonds. The first-order valence-corrected chi connectivity index (χ1v) is 11.7. The highest BCUT2D eigenvalue weighted by Gasteiger charge is 2.32. The third-order valence-electron chi connectivity index (χ3n) is 5.80. The number of amidine groups is 1. The molecule has 0 fully saturated rings. The minimum Gasteiger partial charge on any atom is -0.507 e. The molecule has 3 rings (SSSR count). The first-order chi connectivity index (χ1) is 16.4. The van der Waals surface area contributed by atoms with E-state index in [4.69, 9.17) is 16.5 Å². The Morgan fingerprint density at radius 3 is 2.54 bits per heavy atom. The average molecular weight is 499 g/mol. The second kappa shape index (κ2) is 10.1. The van der Waals surface area contributed by atoms with Gasteiger partial charge in [-0.05, 0) is 43.0 Å². The molecule has 0 spiro atoms. The number of rotatable bonds is 7. The van der Waals surface area contributed by atoms with Crippen molar-refractivity contribution >= 4 is 34.9 Å². The third kappa shape index (κ3) is 5.17. The molecule has 1 aliphatic heterocycles. The van der Waals surface area contributed by atoms with Crippen molar-refractivity contribution in [2.24, 2.45) is 4.51 Å². The van der Waals surface area contributed by atoms with E-state index < -0.39 is 5.91 Å². The number of ether oxygens (including phenoxy) is 1. The maximum Gasteiger partial charge on any atom is 0.273 e. The molecule has 35 heavy (non-hydrogen) atoms. The van der Waals surface area contributed by atoms with Gasteiger partial charge in [-0.2, -0.15) is 4.51 Å². The number of nitrogens with one attached hydrogen (secondary N) is 1. The van der Waals surface area contributed by atoms with Crippen LogP contribution in [0, 0.1) is 0 Å². The first kappa shape index (κ1) is 26.2. The fourth-order valence-electron chi connectivity index (χ4n) is 4.01. The summed E-state index contributed by atoms with van der Waals surface area (Å²) < 4.78 is 9.47. The molecule has 0 unspecified atom stereocenters. The van der Waals surface area contributed by atoms with Crippen LogP contribution < -0.4 is 10.1 Å². The summed E-state index contributed by atoms with van der Waals surface area (Å²) in [6.07, 6.45) is 0. The minimum absolute atomic E-state index is 0.0226. The number of benzene rings is 1. The first-order valence-electron chi connectivity index (χ1n) is 11.3. The van der Waals surface area contributed by atoms with Crippen molar-refractivity contribution in [1.29, 1.82) is 0 Å². The lowest BCUT2D eigenvalue weighted by atomic mass is 9.82. The Hall–Kier alpha value is -3.39. The van der Waals surface area contributed by atoms with E-state index >= 15 is 0 Å². The fraction of sp³-hybridized carbons (Fsp3) is 0.385. The standard InChI is InChI=1S/C26H31ClN4O4/c1-8-35-20-11-16-12-31(24(30-27)21(16)29-22(20)25(34)28-7)13-19(32)15-9-17(14(2)3)23(33)18(10-15)26(4,5)6/h9-11,33H,2,8,12-13H2,1,3-7H3,(H,28,34)/b30-24-. The van der Waals surface area contributed by atoms with Crippen molar-refractivity contribution in [2.75, 3.05) is 20.2 Å². The van der Waals surface area contributed by atoms with Crippen molar-refractivity contribution in [2.45, 2.75) is 46.6 Å². The number of hydrogen-bond donors (Lipinski definition) is 2. The number of fused-ring (bicyclic) bond motifs is 1. The number of carbonyl (C=O) groups excluding carboxylic acids is 2. The van der Waals surface area contributed by atoms with Gasteiger partial charge in [-0.25, -0.2) is 4.98 Å². The van der Waals surface area contributed by atoms with Crippen molar-refractivity contribution in [1.82, 2.24) is 15.2 Å². The van der Waals surface area contributed by atoms with E-state index in [1.807, 2.05) is 27.7 Å². The number of carbonyl (C=O) groups is 2. The number of allylic oxidation sites excluding steroid dienone is 1. The highest BCUT2D eigenvalue weighted by molar-refractivity contribution is 6.23. The molecule has 0 radical (unpaired) electrons. The Bertz CT molecular complexity index is 1230. The van der Waals surface area contributed by atoms with Gasteiger partial charge in [0, 0.05) is 47.6 Å². The summed E-state index contributed by atoms with van der Waals surface area (Å²) in [7, 11) is 1.51. The van der Waals surface area contributed by atoms with E-state index in [-0.39, 0.29) is 29.2 Å². The predicted molar refractivity (Wildman–Crippen MR) is 137 cm³/mol. The van der Waals surface area contributed by atoms with Crippen LogP contribution in [-0.4, -0.2) is 52.7 Å². The molecule has 1 aromatic carbocycles. The van der Waals surface area contributed by atoms with E-state index in [2.05, 4.69) is 21.4 Å². The molecule has 8 nitrogen and oxygen atoms in total. The van der Waals surface area contributed by atoms with Gasteiger partial charge in [-0.1, -0.05) is 27.4 Å². The summed E-state index contributed by atoms with van der Waals surface area (Å²) in [5.74, 6) is 0.212. The number of pyridine rings is 1. The topological polar surface area (TPSA) is 104 Å². The monoisotopic (exact) mass is 498 g/mol. The number of Topliss-reactive ketones (excluding diaryl/α,β-unsaturated/α-hetero) is 1. The number of aromatic nitrogens is 1. The van der Waals surface area contributed by atoms with Crippen molar-refractivity contribution < 1.29 is 19.4 Å². The van der Waals surface area contributed by atoms with Gasteiger partial charge in [0.2, 0.25) is 0 Å². The molecule has 9 heteroatoms. The Balaban J connectivity index is 1.99. The number of halogens is 1. The molecule has 0 saturated heterocycles. The second-order valence-electron chi connectivity index (χ2n) is 9.49. The summed E-state index contributed by atoms with van der Waals surface area (Å²) in [4.78, 5) is 31.9. The molecule has 0 bridgehead atoms. The van der Waals surface area contributed by atoms with Crippen molar-refractivity contribution in [3.05, 3.63) is 58.4 Å². The molecular formula is C26H31ClN4O4. The normalized spacial score (nSPS) is 14.1. The van der Waals surface area contributed by atoms with Crippen molar-refractivity contribution in [3.8, 4) is 11.5 Å². The van der Waals surface area contributed by atoms with E-state index in [0.29, 0.717) is 52.7 Å². The number of ketones is 1. The summed E-state index contributed by atoms with van der Waals surface area (Å²) in [5.41, 5.74) is 3.23. The highest BCUT2D eigenvalue weighted by atomic mass is 35.5. The zero-order chi connectivity index (χ0) is 26.1. The number of phenolic OH excluding ortho intramolecular Hbond substituents is 1. The zero-order valence-corrected chi connectivity index (χ0v) is 21.7. The van der Waals surface area contributed by atoms with Gasteiger partial charge in [0.25, 0.3) is 5.91 Å². The number of hydrogen-bond acceptors (Lipinski definition) is 6. The lowest BCUT2D eigenvalue weighted by Gasteiger charge is -2.24. The highest BCUT2D eigenvalue weighted by Crippen LogP contribution is 2.37. The second-order valence-corrected chi connectivity index (χ2v) is 9.66. The fourth-order valence-corrected chi connectivity index (χ4v) is 4.19. The van der Waals surface area contributed by atoms with Crippen LogP contribution in [0.15, 0.2) is 29.3 Å². The Morgan fingerprint density at radius 2 is 2.00 bits per heavy atom. The summed E-state index contributed by atoms with van der Waals surface area (Å²) >= 11 is 5.92. The maximum atomic E-state index is 13.4. The van der Waals surface area contributed by atoms with Crippen LogP contribution in [0.25, 0.3) is 5.57 Å². The number of nitrogens with zero attached hydrogens (tertiary/aromatic N) is 3. The van der Waals surface area contributed by atoms with Gasteiger partial charge < -0.3 is 20.1 Å². The summed E-state index contributed by atoms with van der Waals surface area (Å²) in [5, 5.41) is 13.3. The molecule has 1 aromatic heterocycles.